The highest BCUT2D eigenvalue weighted by Crippen LogP contribution is 2.05. The van der Waals surface area contributed by atoms with E-state index in [1.807, 2.05) is 20.8 Å². The lowest BCUT2D eigenvalue weighted by molar-refractivity contribution is 0.516. The minimum absolute atomic E-state index is 0.0856. The van der Waals surface area contributed by atoms with E-state index in [-0.39, 0.29) is 11.9 Å². The fourth-order valence-corrected chi connectivity index (χ4v) is 1.00. The summed E-state index contributed by atoms with van der Waals surface area (Å²) >= 11 is 0. The Morgan fingerprint density at radius 1 is 1.58 bits per heavy atom. The third kappa shape index (κ3) is 1.44. The van der Waals surface area contributed by atoms with Crippen molar-refractivity contribution >= 4 is 5.84 Å². The molecule has 0 aliphatic heterocycles. The van der Waals surface area contributed by atoms with Crippen LogP contribution in [0.3, 0.4) is 0 Å². The molecule has 0 fully saturated rings. The molecule has 3 N–H and O–H groups in total. The van der Waals surface area contributed by atoms with E-state index in [0.29, 0.717) is 5.82 Å². The summed E-state index contributed by atoms with van der Waals surface area (Å²) in [5.74, 6) is 1.01. The molecule has 0 atom stereocenters. The molecule has 0 bridgehead atoms. The van der Waals surface area contributed by atoms with E-state index in [1.54, 1.807) is 4.68 Å². The zero-order valence-electron chi connectivity index (χ0n) is 7.50. The van der Waals surface area contributed by atoms with Crippen LogP contribution in [0.4, 0.5) is 0 Å². The highest BCUT2D eigenvalue weighted by atomic mass is 15.4. The predicted octanol–water partition coefficient (Wildman–Crippen LogP) is 0.451. The molecule has 1 aromatic rings. The van der Waals surface area contributed by atoms with Crippen molar-refractivity contribution in [2.24, 2.45) is 5.73 Å². The first-order valence-electron chi connectivity index (χ1n) is 3.80. The lowest BCUT2D eigenvalue weighted by Gasteiger charge is -2.04. The summed E-state index contributed by atoms with van der Waals surface area (Å²) in [6.07, 6.45) is 0. The number of nitrogens with one attached hydrogen (secondary N) is 1. The lowest BCUT2D eigenvalue weighted by Crippen LogP contribution is -2.14. The van der Waals surface area contributed by atoms with Crippen molar-refractivity contribution in [3.63, 3.8) is 0 Å². The van der Waals surface area contributed by atoms with Gasteiger partial charge in [-0.25, -0.2) is 9.67 Å². The predicted molar refractivity (Wildman–Crippen MR) is 46.2 cm³/mol. The molecule has 1 rings (SSSR count). The van der Waals surface area contributed by atoms with Gasteiger partial charge in [0.2, 0.25) is 5.82 Å². The third-order valence-electron chi connectivity index (χ3n) is 1.53. The van der Waals surface area contributed by atoms with Gasteiger partial charge in [0.1, 0.15) is 5.82 Å². The van der Waals surface area contributed by atoms with Gasteiger partial charge in [-0.05, 0) is 20.8 Å². The second-order valence-corrected chi connectivity index (χ2v) is 2.93. The van der Waals surface area contributed by atoms with Gasteiger partial charge in [-0.15, -0.1) is 5.10 Å². The van der Waals surface area contributed by atoms with Crippen molar-refractivity contribution in [1.29, 1.82) is 5.41 Å². The van der Waals surface area contributed by atoms with Gasteiger partial charge < -0.3 is 5.73 Å². The second-order valence-electron chi connectivity index (χ2n) is 2.93. The van der Waals surface area contributed by atoms with Gasteiger partial charge in [0.15, 0.2) is 5.84 Å². The quantitative estimate of drug-likeness (QED) is 0.495. The third-order valence-corrected chi connectivity index (χ3v) is 1.53. The zero-order chi connectivity index (χ0) is 9.30. The Balaban J connectivity index is 3.09. The molecule has 0 amide bonds. The SMILES string of the molecule is Cc1nc(C(=N)N)nn1C(C)C. The highest BCUT2D eigenvalue weighted by Gasteiger charge is 2.09. The van der Waals surface area contributed by atoms with Gasteiger partial charge in [-0.2, -0.15) is 0 Å². The Bertz CT molecular complexity index is 299. The molecule has 0 aromatic carbocycles. The van der Waals surface area contributed by atoms with Crippen molar-refractivity contribution in [1.82, 2.24) is 14.8 Å². The zero-order valence-corrected chi connectivity index (χ0v) is 7.50. The lowest BCUT2D eigenvalue weighted by atomic mass is 10.4. The molecule has 0 aliphatic rings. The fraction of sp³-hybridized carbons (Fsp3) is 0.571. The number of aryl methyl sites for hydroxylation is 1. The van der Waals surface area contributed by atoms with Gasteiger partial charge in [0.25, 0.3) is 0 Å². The Morgan fingerprint density at radius 3 is 2.42 bits per heavy atom. The summed E-state index contributed by atoms with van der Waals surface area (Å²) in [5, 5.41) is 11.2. The molecular formula is C7H13N5. The fourth-order valence-electron chi connectivity index (χ4n) is 1.00. The standard InChI is InChI=1S/C7H13N5/c1-4(2)12-5(3)10-7(11-12)6(8)9/h4H,1-3H3,(H3,8,9). The first kappa shape index (κ1) is 8.70. The van der Waals surface area contributed by atoms with Crippen LogP contribution < -0.4 is 5.73 Å². The average molecular weight is 167 g/mol. The highest BCUT2D eigenvalue weighted by molar-refractivity contribution is 5.91. The number of aromatic nitrogens is 3. The summed E-state index contributed by atoms with van der Waals surface area (Å²) < 4.78 is 1.75. The molecule has 0 spiro atoms. The topological polar surface area (TPSA) is 80.6 Å². The van der Waals surface area contributed by atoms with E-state index in [2.05, 4.69) is 10.1 Å². The maximum absolute atomic E-state index is 7.13. The average Bonchev–Trinajstić information content (AvgIpc) is 2.30. The molecular weight excluding hydrogens is 154 g/mol. The van der Waals surface area contributed by atoms with Crippen LogP contribution in [0.1, 0.15) is 31.5 Å². The molecule has 5 nitrogen and oxygen atoms in total. The van der Waals surface area contributed by atoms with Crippen molar-refractivity contribution in [3.05, 3.63) is 11.6 Å². The van der Waals surface area contributed by atoms with Gasteiger partial charge in [0, 0.05) is 6.04 Å². The Kier molecular flexibility index (Phi) is 2.12. The molecule has 0 radical (unpaired) electrons. The number of amidine groups is 1. The van der Waals surface area contributed by atoms with Crippen molar-refractivity contribution in [3.8, 4) is 0 Å². The summed E-state index contributed by atoms with van der Waals surface area (Å²) in [6.45, 7) is 5.86. The molecule has 0 aliphatic carbocycles. The van der Waals surface area contributed by atoms with Crippen LogP contribution in [0, 0.1) is 12.3 Å². The summed E-state index contributed by atoms with van der Waals surface area (Å²) in [6, 6.07) is 0.255. The Labute approximate surface area is 71.1 Å². The van der Waals surface area contributed by atoms with E-state index in [0.717, 1.165) is 5.82 Å². The number of nitrogen functional groups attached to an aromatic ring is 1. The summed E-state index contributed by atoms with van der Waals surface area (Å²) in [4.78, 5) is 4.03. The molecule has 12 heavy (non-hydrogen) atoms. The van der Waals surface area contributed by atoms with Crippen LogP contribution in [0.2, 0.25) is 0 Å². The van der Waals surface area contributed by atoms with E-state index >= 15 is 0 Å². The van der Waals surface area contributed by atoms with Crippen molar-refractivity contribution in [2.75, 3.05) is 0 Å². The van der Waals surface area contributed by atoms with Crippen LogP contribution in [0.5, 0.6) is 0 Å². The molecule has 0 saturated carbocycles. The molecule has 1 heterocycles. The number of hydrogen-bond donors (Lipinski definition) is 2. The summed E-state index contributed by atoms with van der Waals surface area (Å²) in [5.41, 5.74) is 5.24. The smallest absolute Gasteiger partial charge is 0.216 e. The van der Waals surface area contributed by atoms with Gasteiger partial charge >= 0.3 is 0 Å². The molecule has 66 valence electrons. The monoisotopic (exact) mass is 167 g/mol. The first-order chi connectivity index (χ1) is 5.52. The normalized spacial score (nSPS) is 10.7. The molecule has 0 unspecified atom stereocenters. The van der Waals surface area contributed by atoms with Crippen molar-refractivity contribution in [2.45, 2.75) is 26.8 Å². The maximum atomic E-state index is 7.13. The van der Waals surface area contributed by atoms with Crippen LogP contribution >= 0.6 is 0 Å². The first-order valence-corrected chi connectivity index (χ1v) is 3.80. The summed E-state index contributed by atoms with van der Waals surface area (Å²) in [7, 11) is 0. The molecule has 1 aromatic heterocycles. The van der Waals surface area contributed by atoms with Crippen molar-refractivity contribution < 1.29 is 0 Å². The molecule has 5 heteroatoms. The maximum Gasteiger partial charge on any atom is 0.216 e. The Morgan fingerprint density at radius 2 is 2.17 bits per heavy atom. The van der Waals surface area contributed by atoms with E-state index in [9.17, 15) is 0 Å². The van der Waals surface area contributed by atoms with Crippen LogP contribution in [-0.2, 0) is 0 Å². The number of nitrogens with zero attached hydrogens (tertiary/aromatic N) is 3. The largest absolute Gasteiger partial charge is 0.381 e. The van der Waals surface area contributed by atoms with Crippen LogP contribution in [0.15, 0.2) is 0 Å². The van der Waals surface area contributed by atoms with E-state index in [1.165, 1.54) is 0 Å². The van der Waals surface area contributed by atoms with Crippen LogP contribution in [0.25, 0.3) is 0 Å². The number of hydrogen-bond acceptors (Lipinski definition) is 3. The van der Waals surface area contributed by atoms with E-state index in [4.69, 9.17) is 11.1 Å². The van der Waals surface area contributed by atoms with Crippen LogP contribution in [-0.4, -0.2) is 20.6 Å². The van der Waals surface area contributed by atoms with E-state index < -0.39 is 0 Å². The Hall–Kier alpha value is -1.39. The van der Waals surface area contributed by atoms with Gasteiger partial charge in [0.05, 0.1) is 0 Å². The minimum atomic E-state index is -0.0856. The van der Waals surface area contributed by atoms with Gasteiger partial charge in [-0.3, -0.25) is 5.41 Å². The number of nitrogens with two attached hydrogens (primary N) is 1. The van der Waals surface area contributed by atoms with Gasteiger partial charge in [-0.1, -0.05) is 0 Å². The number of rotatable bonds is 2. The second kappa shape index (κ2) is 2.92. The minimum Gasteiger partial charge on any atom is -0.381 e. The molecule has 0 saturated heterocycles.